The van der Waals surface area contributed by atoms with Gasteiger partial charge in [-0.2, -0.15) is 5.48 Å². The molecule has 0 radical (unpaired) electrons. The molecule has 3 heterocycles. The van der Waals surface area contributed by atoms with E-state index in [0.29, 0.717) is 73.3 Å². The maximum Gasteiger partial charge on any atom is 0.251 e. The van der Waals surface area contributed by atoms with E-state index < -0.39 is 6.29 Å². The van der Waals surface area contributed by atoms with Crippen molar-refractivity contribution in [2.75, 3.05) is 60.7 Å². The van der Waals surface area contributed by atoms with Crippen molar-refractivity contribution in [3.8, 4) is 11.5 Å². The van der Waals surface area contributed by atoms with Gasteiger partial charge in [0.2, 0.25) is 0 Å². The number of hydrogen-bond donors (Lipinski definition) is 6. The van der Waals surface area contributed by atoms with E-state index in [2.05, 4.69) is 63.6 Å². The van der Waals surface area contributed by atoms with Gasteiger partial charge in [-0.1, -0.05) is 19.1 Å². The van der Waals surface area contributed by atoms with Crippen LogP contribution in [-0.2, 0) is 4.84 Å². The number of rotatable bonds is 9. The van der Waals surface area contributed by atoms with Gasteiger partial charge in [-0.05, 0) is 69.4 Å². The van der Waals surface area contributed by atoms with Crippen molar-refractivity contribution in [2.24, 2.45) is 5.41 Å². The van der Waals surface area contributed by atoms with Gasteiger partial charge in [-0.3, -0.25) is 14.4 Å². The van der Waals surface area contributed by atoms with Crippen molar-refractivity contribution in [1.29, 1.82) is 0 Å². The molecule has 0 aromatic heterocycles. The number of nitrogen functional groups attached to an aromatic ring is 1. The normalized spacial score (nSPS) is 22.6. The van der Waals surface area contributed by atoms with Crippen LogP contribution in [0.4, 0.5) is 22.7 Å². The molecule has 2 aromatic carbocycles. The quantitative estimate of drug-likeness (QED) is 0.0998. The predicted octanol–water partition coefficient (Wildman–Crippen LogP) is 3.98. The monoisotopic (exact) mass is 660 g/mol. The van der Waals surface area contributed by atoms with Gasteiger partial charge in [-0.15, -0.1) is 0 Å². The number of amides is 1. The van der Waals surface area contributed by atoms with E-state index in [1.165, 1.54) is 0 Å². The van der Waals surface area contributed by atoms with Crippen LogP contribution in [0.2, 0.25) is 0 Å². The van der Waals surface area contributed by atoms with Crippen molar-refractivity contribution >= 4 is 34.9 Å². The Morgan fingerprint density at radius 1 is 1.19 bits per heavy atom. The maximum atomic E-state index is 13.4. The number of fused-ring (bicyclic) bond motifs is 1. The fraction of sp³-hybridized carbons (Fsp3) is 0.486. The molecule has 3 aliphatic heterocycles. The largest absolute Gasteiger partial charge is 0.491 e. The van der Waals surface area contributed by atoms with Crippen LogP contribution in [0.25, 0.3) is 0 Å². The molecule has 7 N–H and O–H groups in total. The zero-order valence-electron chi connectivity index (χ0n) is 28.2. The molecule has 13 heteroatoms. The number of nitrogens with two attached hydrogens (primary N) is 1. The average molecular weight is 661 g/mol. The van der Waals surface area contributed by atoms with Crippen LogP contribution in [0.1, 0.15) is 67.7 Å². The van der Waals surface area contributed by atoms with Crippen LogP contribution in [-0.4, -0.2) is 75.0 Å². The van der Waals surface area contributed by atoms with Crippen LogP contribution in [0.5, 0.6) is 11.5 Å². The lowest BCUT2D eigenvalue weighted by Crippen LogP contribution is -2.49. The topological polar surface area (TPSA) is 154 Å². The number of benzene rings is 2. The first kappa shape index (κ1) is 33.4. The summed E-state index contributed by atoms with van der Waals surface area (Å²) in [4.78, 5) is 33.2. The van der Waals surface area contributed by atoms with Crippen LogP contribution in [0.3, 0.4) is 0 Å². The molecule has 13 nitrogen and oxygen atoms in total. The third kappa shape index (κ3) is 7.48. The zero-order chi connectivity index (χ0) is 33.8. The lowest BCUT2D eigenvalue weighted by atomic mass is 10.1. The Bertz CT molecular complexity index is 1570. The molecule has 0 bridgehead atoms. The van der Waals surface area contributed by atoms with E-state index in [1.54, 1.807) is 12.1 Å². The molecular formula is C35H48N8O5. The molecule has 258 valence electrons. The van der Waals surface area contributed by atoms with Gasteiger partial charge in [0.25, 0.3) is 5.91 Å². The van der Waals surface area contributed by atoms with Crippen molar-refractivity contribution in [1.82, 2.24) is 21.2 Å². The Labute approximate surface area is 282 Å². The molecule has 3 unspecified atom stereocenters. The molecule has 1 aliphatic carbocycles. The summed E-state index contributed by atoms with van der Waals surface area (Å²) < 4.78 is 12.5. The molecule has 6 rings (SSSR count). The SMILES string of the molecule is CCN1NC(C)C=C1C(C)ONC1Nc2cc(C(=O)NCC3(C)CC3)cc3c2N1C/C=C/CNc1c(N)cc(C=O)cc1OCCCO3. The molecule has 48 heavy (non-hydrogen) atoms. The van der Waals surface area contributed by atoms with Crippen molar-refractivity contribution in [2.45, 2.75) is 65.4 Å². The standard InChI is InChI=1S/C35H48N8O5/c1-5-43-28(15-22(2)40-43)23(3)48-41-34-39-27-18-25(33(45)38-21-35(4)9-10-35)19-30-32(27)42(34)12-7-6-11-37-31-26(36)16-24(20-44)17-29(31)46-13-8-14-47-30/h6-7,15-20,22-23,34,37,39-41H,5,8-14,21,36H2,1-4H3,(H,38,45)/b7-6+. The minimum atomic E-state index is -0.453. The van der Waals surface area contributed by atoms with Gasteiger partial charge < -0.3 is 41.1 Å². The summed E-state index contributed by atoms with van der Waals surface area (Å²) in [5.74, 6) is 0.959. The van der Waals surface area contributed by atoms with E-state index in [1.807, 2.05) is 31.2 Å². The number of likely N-dealkylation sites (N-methyl/N-ethyl adjacent to an activating group) is 1. The highest BCUT2D eigenvalue weighted by Gasteiger charge is 2.38. The summed E-state index contributed by atoms with van der Waals surface area (Å²) in [7, 11) is 0. The molecule has 0 spiro atoms. The Kier molecular flexibility index (Phi) is 9.99. The number of hydroxylamine groups is 1. The summed E-state index contributed by atoms with van der Waals surface area (Å²) >= 11 is 0. The second kappa shape index (κ2) is 14.3. The smallest absolute Gasteiger partial charge is 0.251 e. The van der Waals surface area contributed by atoms with Crippen molar-refractivity contribution in [3.05, 3.63) is 59.3 Å². The van der Waals surface area contributed by atoms with Gasteiger partial charge >= 0.3 is 0 Å². The molecular weight excluding hydrogens is 612 g/mol. The molecule has 4 aliphatic rings. The van der Waals surface area contributed by atoms with Gasteiger partial charge in [0, 0.05) is 49.8 Å². The number of aldehydes is 1. The third-order valence-corrected chi connectivity index (χ3v) is 9.15. The van der Waals surface area contributed by atoms with Crippen LogP contribution < -0.4 is 47.0 Å². The number of carbonyl (C=O) groups is 2. The molecule has 1 amide bonds. The summed E-state index contributed by atoms with van der Waals surface area (Å²) in [6.07, 6.45) is 9.08. The van der Waals surface area contributed by atoms with Crippen molar-refractivity contribution < 1.29 is 23.9 Å². The maximum absolute atomic E-state index is 13.4. The Morgan fingerprint density at radius 3 is 2.73 bits per heavy atom. The molecule has 2 aromatic rings. The van der Waals surface area contributed by atoms with Crippen molar-refractivity contribution in [3.63, 3.8) is 0 Å². The van der Waals surface area contributed by atoms with Crippen LogP contribution in [0, 0.1) is 5.41 Å². The highest BCUT2D eigenvalue weighted by Crippen LogP contribution is 2.45. The number of hydrogen-bond acceptors (Lipinski definition) is 12. The number of hydrazine groups is 1. The number of nitrogens with one attached hydrogen (secondary N) is 5. The molecule has 1 saturated carbocycles. The summed E-state index contributed by atoms with van der Waals surface area (Å²) in [6.45, 7) is 11.5. The first-order valence-corrected chi connectivity index (χ1v) is 16.9. The Morgan fingerprint density at radius 2 is 1.98 bits per heavy atom. The Hall–Kier alpha value is -4.46. The molecule has 0 saturated heterocycles. The lowest BCUT2D eigenvalue weighted by molar-refractivity contribution is -0.0245. The number of nitrogens with zero attached hydrogens (tertiary/aromatic N) is 2. The first-order valence-electron chi connectivity index (χ1n) is 16.9. The zero-order valence-corrected chi connectivity index (χ0v) is 28.2. The van der Waals surface area contributed by atoms with Crippen LogP contribution >= 0.6 is 0 Å². The highest BCUT2D eigenvalue weighted by atomic mass is 16.7. The van der Waals surface area contributed by atoms with Gasteiger partial charge in [0.1, 0.15) is 35.3 Å². The first-order chi connectivity index (χ1) is 23.2. The van der Waals surface area contributed by atoms with Gasteiger partial charge in [0.05, 0.1) is 30.3 Å². The predicted molar refractivity (Wildman–Crippen MR) is 187 cm³/mol. The number of carbonyl (C=O) groups excluding carboxylic acids is 2. The van der Waals surface area contributed by atoms with E-state index in [4.69, 9.17) is 20.0 Å². The number of anilines is 4. The molecule has 3 atom stereocenters. The minimum absolute atomic E-state index is 0.139. The van der Waals surface area contributed by atoms with E-state index >= 15 is 0 Å². The van der Waals surface area contributed by atoms with E-state index in [-0.39, 0.29) is 23.5 Å². The third-order valence-electron chi connectivity index (χ3n) is 9.15. The summed E-state index contributed by atoms with van der Waals surface area (Å²) in [6, 6.07) is 7.23. The van der Waals surface area contributed by atoms with E-state index in [9.17, 15) is 9.59 Å². The van der Waals surface area contributed by atoms with E-state index in [0.717, 1.165) is 42.7 Å². The molecule has 1 fully saturated rings. The number of ether oxygens (including phenoxy) is 2. The van der Waals surface area contributed by atoms with Gasteiger partial charge in [-0.25, -0.2) is 5.43 Å². The highest BCUT2D eigenvalue weighted by molar-refractivity contribution is 5.98. The average Bonchev–Trinajstić information content (AvgIpc) is 3.52. The second-order valence-electron chi connectivity index (χ2n) is 13.2. The minimum Gasteiger partial charge on any atom is -0.491 e. The Balaban J connectivity index is 1.26. The van der Waals surface area contributed by atoms with Crippen LogP contribution in [0.15, 0.2) is 48.2 Å². The summed E-state index contributed by atoms with van der Waals surface area (Å²) in [5, 5.41) is 12.1. The fourth-order valence-corrected chi connectivity index (χ4v) is 6.13. The lowest BCUT2D eigenvalue weighted by Gasteiger charge is -2.30. The fourth-order valence-electron chi connectivity index (χ4n) is 6.13. The second-order valence-corrected chi connectivity index (χ2v) is 13.2. The summed E-state index contributed by atoms with van der Waals surface area (Å²) in [5.41, 5.74) is 17.8. The van der Waals surface area contributed by atoms with Gasteiger partial charge in [0.15, 0.2) is 6.29 Å².